The van der Waals surface area contributed by atoms with Crippen molar-refractivity contribution in [1.29, 1.82) is 0 Å². The van der Waals surface area contributed by atoms with Crippen LogP contribution in [0.1, 0.15) is 35.3 Å². The molecule has 32 heavy (non-hydrogen) atoms. The normalized spacial score (nSPS) is 11.1. The molecule has 0 unspecified atom stereocenters. The van der Waals surface area contributed by atoms with Gasteiger partial charge in [0.25, 0.3) is 15.9 Å². The molecule has 3 aromatic carbocycles. The fraction of sp³-hybridized carbons (Fsp3) is 0.240. The van der Waals surface area contributed by atoms with Gasteiger partial charge in [0.05, 0.1) is 16.1 Å². The zero-order valence-electron chi connectivity index (χ0n) is 18.6. The van der Waals surface area contributed by atoms with Gasteiger partial charge < -0.3 is 10.2 Å². The lowest BCUT2D eigenvalue weighted by molar-refractivity contribution is 0.0952. The Morgan fingerprint density at radius 2 is 1.50 bits per heavy atom. The number of aryl methyl sites for hydroxylation is 1. The van der Waals surface area contributed by atoms with Crippen molar-refractivity contribution >= 4 is 27.3 Å². The van der Waals surface area contributed by atoms with Gasteiger partial charge in [0, 0.05) is 25.3 Å². The second kappa shape index (κ2) is 10.3. The number of nitrogens with one attached hydrogen (secondary N) is 2. The van der Waals surface area contributed by atoms with E-state index >= 15 is 0 Å². The van der Waals surface area contributed by atoms with Crippen LogP contribution in [0.3, 0.4) is 0 Å². The number of para-hydroxylation sites is 1. The van der Waals surface area contributed by atoms with Gasteiger partial charge in [0.2, 0.25) is 0 Å². The molecule has 3 aromatic rings. The first-order valence-corrected chi connectivity index (χ1v) is 12.1. The molecule has 0 spiro atoms. The minimum absolute atomic E-state index is 0.145. The molecule has 7 heteroatoms. The van der Waals surface area contributed by atoms with Crippen LogP contribution in [0.25, 0.3) is 0 Å². The molecule has 0 saturated carbocycles. The Hall–Kier alpha value is -3.32. The van der Waals surface area contributed by atoms with Gasteiger partial charge in [0.15, 0.2) is 0 Å². The van der Waals surface area contributed by atoms with Crippen molar-refractivity contribution in [3.8, 4) is 0 Å². The van der Waals surface area contributed by atoms with Crippen molar-refractivity contribution in [2.45, 2.75) is 32.2 Å². The summed E-state index contributed by atoms with van der Waals surface area (Å²) in [6.45, 7) is 8.32. The molecule has 0 heterocycles. The summed E-state index contributed by atoms with van der Waals surface area (Å²) < 4.78 is 28.1. The Kier molecular flexibility index (Phi) is 7.53. The molecular formula is C25H29N3O3S. The lowest BCUT2D eigenvalue weighted by Gasteiger charge is -2.21. The molecule has 1 amide bonds. The van der Waals surface area contributed by atoms with Crippen molar-refractivity contribution in [2.75, 3.05) is 22.7 Å². The summed E-state index contributed by atoms with van der Waals surface area (Å²) in [6, 6.07) is 21.2. The maximum Gasteiger partial charge on any atom is 0.261 e. The Morgan fingerprint density at radius 1 is 0.875 bits per heavy atom. The molecule has 0 aliphatic heterocycles. The Labute approximate surface area is 190 Å². The first kappa shape index (κ1) is 23.3. The molecule has 0 aliphatic rings. The number of hydrogen-bond acceptors (Lipinski definition) is 4. The van der Waals surface area contributed by atoms with E-state index in [1.165, 1.54) is 0 Å². The van der Waals surface area contributed by atoms with Crippen LogP contribution in [0.4, 0.5) is 11.4 Å². The lowest BCUT2D eigenvalue weighted by atomic mass is 10.1. The molecule has 0 saturated heterocycles. The minimum Gasteiger partial charge on any atom is -0.372 e. The average Bonchev–Trinajstić information content (AvgIpc) is 2.79. The molecular weight excluding hydrogens is 422 g/mol. The van der Waals surface area contributed by atoms with Crippen LogP contribution in [0.5, 0.6) is 0 Å². The average molecular weight is 452 g/mol. The van der Waals surface area contributed by atoms with Crippen LogP contribution in [0.2, 0.25) is 0 Å². The highest BCUT2D eigenvalue weighted by molar-refractivity contribution is 7.92. The van der Waals surface area contributed by atoms with Crippen LogP contribution in [0, 0.1) is 6.92 Å². The number of rotatable bonds is 9. The maximum atomic E-state index is 12.8. The van der Waals surface area contributed by atoms with E-state index in [1.54, 1.807) is 48.5 Å². The zero-order chi connectivity index (χ0) is 23.1. The van der Waals surface area contributed by atoms with Crippen LogP contribution >= 0.6 is 0 Å². The summed E-state index contributed by atoms with van der Waals surface area (Å²) in [5, 5.41) is 2.88. The maximum absolute atomic E-state index is 12.8. The van der Waals surface area contributed by atoms with Gasteiger partial charge in [-0.15, -0.1) is 0 Å². The molecule has 3 rings (SSSR count). The summed E-state index contributed by atoms with van der Waals surface area (Å²) in [5.41, 5.74) is 3.58. The third-order valence-corrected chi connectivity index (χ3v) is 6.65. The predicted octanol–water partition coefficient (Wildman–Crippen LogP) is 4.57. The van der Waals surface area contributed by atoms with Crippen LogP contribution in [-0.2, 0) is 16.6 Å². The van der Waals surface area contributed by atoms with Crippen LogP contribution in [0.15, 0.2) is 77.7 Å². The van der Waals surface area contributed by atoms with E-state index in [2.05, 4.69) is 28.8 Å². The van der Waals surface area contributed by atoms with E-state index in [0.717, 1.165) is 29.9 Å². The van der Waals surface area contributed by atoms with Gasteiger partial charge in [0.1, 0.15) is 0 Å². The number of nitrogens with zero attached hydrogens (tertiary/aromatic N) is 1. The summed E-state index contributed by atoms with van der Waals surface area (Å²) in [7, 11) is -3.81. The number of sulfonamides is 1. The molecule has 0 aromatic heterocycles. The Morgan fingerprint density at radius 3 is 2.12 bits per heavy atom. The van der Waals surface area contributed by atoms with E-state index in [0.29, 0.717) is 6.54 Å². The standard InChI is InChI=1S/C25H29N3O3S/c1-4-28(5-2)21-14-12-20(13-15-21)18-26-25(29)23-8-6-7-9-24(23)27-32(30,31)22-16-10-19(3)11-17-22/h6-17,27H,4-5,18H2,1-3H3,(H,26,29). The smallest absolute Gasteiger partial charge is 0.261 e. The highest BCUT2D eigenvalue weighted by atomic mass is 32.2. The Balaban J connectivity index is 1.71. The first-order chi connectivity index (χ1) is 15.3. The number of carbonyl (C=O) groups excluding carboxylic acids is 1. The Bertz CT molecular complexity index is 1150. The molecule has 0 atom stereocenters. The zero-order valence-corrected chi connectivity index (χ0v) is 19.4. The van der Waals surface area contributed by atoms with Gasteiger partial charge in [-0.3, -0.25) is 9.52 Å². The summed E-state index contributed by atoms with van der Waals surface area (Å²) in [4.78, 5) is 15.2. The largest absolute Gasteiger partial charge is 0.372 e. The monoisotopic (exact) mass is 451 g/mol. The molecule has 0 fully saturated rings. The molecule has 2 N–H and O–H groups in total. The van der Waals surface area contributed by atoms with Gasteiger partial charge >= 0.3 is 0 Å². The van der Waals surface area contributed by atoms with E-state index in [1.807, 2.05) is 31.2 Å². The summed E-state index contributed by atoms with van der Waals surface area (Å²) in [6.07, 6.45) is 0. The van der Waals surface area contributed by atoms with E-state index in [-0.39, 0.29) is 22.1 Å². The fourth-order valence-corrected chi connectivity index (χ4v) is 4.46. The third-order valence-electron chi connectivity index (χ3n) is 5.27. The number of anilines is 2. The molecule has 0 aliphatic carbocycles. The van der Waals surface area contributed by atoms with Crippen LogP contribution in [-0.4, -0.2) is 27.4 Å². The SMILES string of the molecule is CCN(CC)c1ccc(CNC(=O)c2ccccc2NS(=O)(=O)c2ccc(C)cc2)cc1. The highest BCUT2D eigenvalue weighted by Crippen LogP contribution is 2.21. The number of amides is 1. The second-order valence-corrected chi connectivity index (χ2v) is 9.17. The summed E-state index contributed by atoms with van der Waals surface area (Å²) >= 11 is 0. The summed E-state index contributed by atoms with van der Waals surface area (Å²) in [5.74, 6) is -0.347. The molecule has 0 bridgehead atoms. The van der Waals surface area contributed by atoms with Gasteiger partial charge in [-0.1, -0.05) is 42.0 Å². The van der Waals surface area contributed by atoms with E-state index < -0.39 is 10.0 Å². The first-order valence-electron chi connectivity index (χ1n) is 10.6. The van der Waals surface area contributed by atoms with Gasteiger partial charge in [-0.2, -0.15) is 0 Å². The van der Waals surface area contributed by atoms with E-state index in [4.69, 9.17) is 0 Å². The van der Waals surface area contributed by atoms with Crippen LogP contribution < -0.4 is 14.9 Å². The van der Waals surface area contributed by atoms with Crippen molar-refractivity contribution in [1.82, 2.24) is 5.32 Å². The molecule has 6 nitrogen and oxygen atoms in total. The van der Waals surface area contributed by atoms with Crippen molar-refractivity contribution in [2.24, 2.45) is 0 Å². The predicted molar refractivity (Wildman–Crippen MR) is 130 cm³/mol. The quantitative estimate of drug-likeness (QED) is 0.499. The van der Waals surface area contributed by atoms with Crippen molar-refractivity contribution in [3.63, 3.8) is 0 Å². The van der Waals surface area contributed by atoms with Crippen molar-refractivity contribution < 1.29 is 13.2 Å². The topological polar surface area (TPSA) is 78.5 Å². The number of carbonyl (C=O) groups is 1. The van der Waals surface area contributed by atoms with E-state index in [9.17, 15) is 13.2 Å². The van der Waals surface area contributed by atoms with Gasteiger partial charge in [-0.05, 0) is 62.7 Å². The fourth-order valence-electron chi connectivity index (χ4n) is 3.38. The third kappa shape index (κ3) is 5.68. The van der Waals surface area contributed by atoms with Gasteiger partial charge in [-0.25, -0.2) is 8.42 Å². The molecule has 0 radical (unpaired) electrons. The second-order valence-electron chi connectivity index (χ2n) is 7.49. The molecule has 168 valence electrons. The number of hydrogen-bond donors (Lipinski definition) is 2. The number of benzene rings is 3. The highest BCUT2D eigenvalue weighted by Gasteiger charge is 2.18. The minimum atomic E-state index is -3.81. The lowest BCUT2D eigenvalue weighted by Crippen LogP contribution is -2.25. The van der Waals surface area contributed by atoms with Crippen molar-refractivity contribution in [3.05, 3.63) is 89.5 Å².